The molecule has 0 N–H and O–H groups in total. The molecular formula is C15H15BrN6. The van der Waals surface area contributed by atoms with Crippen LogP contribution in [0.5, 0.6) is 0 Å². The van der Waals surface area contributed by atoms with Crippen molar-refractivity contribution in [1.29, 1.82) is 0 Å². The lowest BCUT2D eigenvalue weighted by Crippen LogP contribution is -2.35. The van der Waals surface area contributed by atoms with E-state index in [1.54, 1.807) is 19.0 Å². The molecule has 0 radical (unpaired) electrons. The number of anilines is 1. The van der Waals surface area contributed by atoms with Crippen LogP contribution in [-0.4, -0.2) is 37.8 Å². The predicted molar refractivity (Wildman–Crippen MR) is 87.7 cm³/mol. The van der Waals surface area contributed by atoms with Gasteiger partial charge in [-0.05, 0) is 31.0 Å². The summed E-state index contributed by atoms with van der Waals surface area (Å²) >= 11 is 3.53. The fraction of sp³-hybridized carbons (Fsp3) is 0.333. The third kappa shape index (κ3) is 2.45. The van der Waals surface area contributed by atoms with Crippen molar-refractivity contribution in [3.8, 4) is 0 Å². The maximum Gasteiger partial charge on any atom is 0.139 e. The molecule has 0 saturated carbocycles. The molecule has 0 atom stereocenters. The minimum atomic E-state index is 0.429. The lowest BCUT2D eigenvalue weighted by molar-refractivity contribution is 0.365. The van der Waals surface area contributed by atoms with E-state index in [1.807, 2.05) is 16.8 Å². The largest absolute Gasteiger partial charge is 0.356 e. The fourth-order valence-electron chi connectivity index (χ4n) is 3.02. The molecule has 112 valence electrons. The Hall–Kier alpha value is -2.02. The van der Waals surface area contributed by atoms with E-state index >= 15 is 0 Å². The number of aromatic nitrogens is 5. The third-order valence-electron chi connectivity index (χ3n) is 4.15. The van der Waals surface area contributed by atoms with Gasteiger partial charge in [0.2, 0.25) is 0 Å². The van der Waals surface area contributed by atoms with Crippen LogP contribution >= 0.6 is 15.9 Å². The summed E-state index contributed by atoms with van der Waals surface area (Å²) in [5, 5.41) is 5.35. The van der Waals surface area contributed by atoms with Gasteiger partial charge in [-0.3, -0.25) is 0 Å². The summed E-state index contributed by atoms with van der Waals surface area (Å²) in [5.41, 5.74) is 0.978. The minimum absolute atomic E-state index is 0.429. The quantitative estimate of drug-likeness (QED) is 0.704. The number of nitrogens with zero attached hydrogens (tertiary/aromatic N) is 6. The number of rotatable bonds is 2. The van der Waals surface area contributed by atoms with Crippen LogP contribution in [0.4, 0.5) is 5.82 Å². The van der Waals surface area contributed by atoms with Gasteiger partial charge in [0.25, 0.3) is 0 Å². The van der Waals surface area contributed by atoms with Crippen molar-refractivity contribution in [1.82, 2.24) is 24.7 Å². The molecule has 0 bridgehead atoms. The molecule has 0 aliphatic carbocycles. The number of piperidine rings is 1. The SMILES string of the molecule is Brc1ccc2ncnc(N3CCC(n4cncn4)CC3)c2c1. The van der Waals surface area contributed by atoms with Gasteiger partial charge in [0.15, 0.2) is 0 Å². The third-order valence-corrected chi connectivity index (χ3v) is 4.64. The molecule has 22 heavy (non-hydrogen) atoms. The Kier molecular flexibility index (Phi) is 3.49. The molecule has 7 heteroatoms. The molecule has 0 unspecified atom stereocenters. The first-order chi connectivity index (χ1) is 10.8. The van der Waals surface area contributed by atoms with Crippen LogP contribution in [0, 0.1) is 0 Å². The second-order valence-corrected chi connectivity index (χ2v) is 6.37. The van der Waals surface area contributed by atoms with Crippen molar-refractivity contribution in [2.24, 2.45) is 0 Å². The Labute approximate surface area is 136 Å². The Morgan fingerprint density at radius 2 is 1.95 bits per heavy atom. The highest BCUT2D eigenvalue weighted by Gasteiger charge is 2.23. The first-order valence-electron chi connectivity index (χ1n) is 7.30. The number of benzene rings is 1. The summed E-state index contributed by atoms with van der Waals surface area (Å²) in [6, 6.07) is 6.55. The van der Waals surface area contributed by atoms with E-state index in [-0.39, 0.29) is 0 Å². The fourth-order valence-corrected chi connectivity index (χ4v) is 3.38. The standard InChI is InChI=1S/C15H15BrN6/c16-11-1-2-14-13(7-11)15(19-9-18-14)21-5-3-12(4-6-21)22-10-17-8-20-22/h1-2,7-10,12H,3-6H2. The number of hydrogen-bond acceptors (Lipinski definition) is 5. The van der Waals surface area contributed by atoms with E-state index in [4.69, 9.17) is 0 Å². The zero-order chi connectivity index (χ0) is 14.9. The predicted octanol–water partition coefficient (Wildman–Crippen LogP) is 2.83. The Balaban J connectivity index is 1.60. The van der Waals surface area contributed by atoms with Crippen molar-refractivity contribution in [2.75, 3.05) is 18.0 Å². The normalized spacial score (nSPS) is 16.3. The number of halogens is 1. The van der Waals surface area contributed by atoms with Crippen molar-refractivity contribution >= 4 is 32.7 Å². The lowest BCUT2D eigenvalue weighted by atomic mass is 10.0. The van der Waals surface area contributed by atoms with Gasteiger partial charge in [0.1, 0.15) is 24.8 Å². The van der Waals surface area contributed by atoms with Gasteiger partial charge in [-0.1, -0.05) is 15.9 Å². The molecular weight excluding hydrogens is 344 g/mol. The average Bonchev–Trinajstić information content (AvgIpc) is 3.09. The van der Waals surface area contributed by atoms with E-state index in [9.17, 15) is 0 Å². The summed E-state index contributed by atoms with van der Waals surface area (Å²) in [6.45, 7) is 1.92. The molecule has 1 aliphatic rings. The highest BCUT2D eigenvalue weighted by atomic mass is 79.9. The number of hydrogen-bond donors (Lipinski definition) is 0. The Morgan fingerprint density at radius 3 is 2.73 bits per heavy atom. The molecule has 3 aromatic rings. The Bertz CT molecular complexity index is 780. The summed E-state index contributed by atoms with van der Waals surface area (Å²) in [5.74, 6) is 1.02. The smallest absolute Gasteiger partial charge is 0.139 e. The van der Waals surface area contributed by atoms with Gasteiger partial charge in [-0.25, -0.2) is 19.6 Å². The molecule has 0 amide bonds. The topological polar surface area (TPSA) is 59.7 Å². The van der Waals surface area contributed by atoms with E-state index in [0.717, 1.165) is 47.1 Å². The summed E-state index contributed by atoms with van der Waals surface area (Å²) in [7, 11) is 0. The minimum Gasteiger partial charge on any atom is -0.356 e. The van der Waals surface area contributed by atoms with Gasteiger partial charge in [0.05, 0.1) is 11.6 Å². The molecule has 2 aromatic heterocycles. The molecule has 1 aromatic carbocycles. The van der Waals surface area contributed by atoms with Gasteiger partial charge in [0, 0.05) is 22.9 Å². The lowest BCUT2D eigenvalue weighted by Gasteiger charge is -2.33. The van der Waals surface area contributed by atoms with Crippen LogP contribution in [0.3, 0.4) is 0 Å². The van der Waals surface area contributed by atoms with Crippen LogP contribution in [0.15, 0.2) is 41.7 Å². The molecule has 0 spiro atoms. The van der Waals surface area contributed by atoms with Gasteiger partial charge in [-0.2, -0.15) is 5.10 Å². The van der Waals surface area contributed by atoms with E-state index in [0.29, 0.717) is 6.04 Å². The van der Waals surface area contributed by atoms with Gasteiger partial charge >= 0.3 is 0 Å². The monoisotopic (exact) mass is 358 g/mol. The van der Waals surface area contributed by atoms with Crippen molar-refractivity contribution in [2.45, 2.75) is 18.9 Å². The zero-order valence-corrected chi connectivity index (χ0v) is 13.5. The van der Waals surface area contributed by atoms with Crippen LogP contribution in [0.25, 0.3) is 10.9 Å². The van der Waals surface area contributed by atoms with Gasteiger partial charge < -0.3 is 4.90 Å². The molecule has 6 nitrogen and oxygen atoms in total. The van der Waals surface area contributed by atoms with Crippen LogP contribution < -0.4 is 4.90 Å². The molecule has 1 fully saturated rings. The van der Waals surface area contributed by atoms with Crippen molar-refractivity contribution in [3.63, 3.8) is 0 Å². The maximum absolute atomic E-state index is 4.52. The molecule has 1 saturated heterocycles. The van der Waals surface area contributed by atoms with Crippen molar-refractivity contribution < 1.29 is 0 Å². The summed E-state index contributed by atoms with van der Waals surface area (Å²) in [6.07, 6.45) is 7.14. The highest BCUT2D eigenvalue weighted by molar-refractivity contribution is 9.10. The van der Waals surface area contributed by atoms with Crippen LogP contribution in [0.2, 0.25) is 0 Å². The summed E-state index contributed by atoms with van der Waals surface area (Å²) in [4.78, 5) is 15.2. The van der Waals surface area contributed by atoms with E-state index in [1.165, 1.54) is 0 Å². The second-order valence-electron chi connectivity index (χ2n) is 5.45. The summed E-state index contributed by atoms with van der Waals surface area (Å²) < 4.78 is 3.01. The maximum atomic E-state index is 4.52. The molecule has 4 rings (SSSR count). The van der Waals surface area contributed by atoms with Crippen molar-refractivity contribution in [3.05, 3.63) is 41.7 Å². The second kappa shape index (κ2) is 5.64. The molecule has 3 heterocycles. The first-order valence-corrected chi connectivity index (χ1v) is 8.10. The van der Waals surface area contributed by atoms with E-state index in [2.05, 4.69) is 46.9 Å². The van der Waals surface area contributed by atoms with Crippen LogP contribution in [-0.2, 0) is 0 Å². The van der Waals surface area contributed by atoms with E-state index < -0.39 is 0 Å². The highest BCUT2D eigenvalue weighted by Crippen LogP contribution is 2.30. The van der Waals surface area contributed by atoms with Crippen LogP contribution in [0.1, 0.15) is 18.9 Å². The number of fused-ring (bicyclic) bond motifs is 1. The van der Waals surface area contributed by atoms with Gasteiger partial charge in [-0.15, -0.1) is 0 Å². The first kappa shape index (κ1) is 13.6. The average molecular weight is 359 g/mol. The molecule has 1 aliphatic heterocycles. The Morgan fingerprint density at radius 1 is 1.09 bits per heavy atom. The zero-order valence-electron chi connectivity index (χ0n) is 11.9.